The number of nitrogens with zero attached hydrogens (tertiary/aromatic N) is 4. The Morgan fingerprint density at radius 2 is 1.83 bits per heavy atom. The number of hydrogen-bond donors (Lipinski definition) is 2. The second-order valence-corrected chi connectivity index (χ2v) is 10.7. The van der Waals surface area contributed by atoms with Gasteiger partial charge in [0.1, 0.15) is 17.8 Å². The molecule has 3 heterocycles. The highest BCUT2D eigenvalue weighted by Crippen LogP contribution is 2.43. The molecule has 35 heavy (non-hydrogen) atoms. The normalized spacial score (nSPS) is 20.0. The molecule has 0 spiro atoms. The summed E-state index contributed by atoms with van der Waals surface area (Å²) >= 11 is 1.74. The number of rotatable bonds is 9. The zero-order valence-electron chi connectivity index (χ0n) is 19.9. The molecule has 0 radical (unpaired) electrons. The summed E-state index contributed by atoms with van der Waals surface area (Å²) in [5, 5.41) is 0.974. The van der Waals surface area contributed by atoms with E-state index in [0.717, 1.165) is 34.8 Å². The summed E-state index contributed by atoms with van der Waals surface area (Å²) in [6.45, 7) is 4.60. The number of nitrogens with two attached hydrogens (primary N) is 1. The lowest BCUT2D eigenvalue weighted by atomic mass is 9.79. The smallest absolute Gasteiger partial charge is 0.146 e. The maximum absolute atomic E-state index is 6.39. The summed E-state index contributed by atoms with van der Waals surface area (Å²) in [5.41, 5.74) is 12.2. The number of aromatic nitrogens is 3. The van der Waals surface area contributed by atoms with Crippen molar-refractivity contribution < 1.29 is 0 Å². The van der Waals surface area contributed by atoms with Gasteiger partial charge in [-0.3, -0.25) is 4.72 Å². The summed E-state index contributed by atoms with van der Waals surface area (Å²) < 4.78 is 5.86. The van der Waals surface area contributed by atoms with Crippen LogP contribution in [0.25, 0.3) is 22.2 Å². The van der Waals surface area contributed by atoms with Gasteiger partial charge >= 0.3 is 0 Å². The van der Waals surface area contributed by atoms with Gasteiger partial charge in [-0.2, -0.15) is 0 Å². The van der Waals surface area contributed by atoms with E-state index in [1.54, 1.807) is 18.3 Å². The lowest BCUT2D eigenvalue weighted by molar-refractivity contribution is 0.0921. The van der Waals surface area contributed by atoms with Gasteiger partial charge in [0.2, 0.25) is 0 Å². The minimum absolute atomic E-state index is 0.492. The first-order chi connectivity index (χ1) is 17.2. The Morgan fingerprint density at radius 1 is 1.00 bits per heavy atom. The second-order valence-electron chi connectivity index (χ2n) is 9.85. The molecule has 2 aliphatic rings. The lowest BCUT2D eigenvalue weighted by Crippen LogP contribution is -2.43. The molecule has 2 aromatic heterocycles. The minimum Gasteiger partial charge on any atom is -0.383 e. The summed E-state index contributed by atoms with van der Waals surface area (Å²) in [4.78, 5) is 11.6. The molecule has 2 aromatic carbocycles. The summed E-state index contributed by atoms with van der Waals surface area (Å²) in [6.07, 6.45) is 7.64. The Balaban J connectivity index is 1.18. The van der Waals surface area contributed by atoms with Crippen molar-refractivity contribution in [3.05, 3.63) is 78.2 Å². The van der Waals surface area contributed by atoms with Crippen molar-refractivity contribution in [1.29, 1.82) is 0 Å². The van der Waals surface area contributed by atoms with Crippen LogP contribution in [0.4, 0.5) is 5.82 Å². The van der Waals surface area contributed by atoms with Crippen molar-refractivity contribution in [2.24, 2.45) is 5.92 Å². The van der Waals surface area contributed by atoms with Crippen LogP contribution in [0, 0.1) is 5.92 Å². The molecule has 0 atom stereocenters. The molecule has 2 fully saturated rings. The second kappa shape index (κ2) is 10.0. The van der Waals surface area contributed by atoms with Crippen molar-refractivity contribution in [2.45, 2.75) is 37.6 Å². The average molecular weight is 485 g/mol. The Kier molecular flexibility index (Phi) is 6.46. The van der Waals surface area contributed by atoms with Crippen LogP contribution in [0.1, 0.15) is 36.4 Å². The van der Waals surface area contributed by atoms with E-state index in [9.17, 15) is 0 Å². The van der Waals surface area contributed by atoms with E-state index in [-0.39, 0.29) is 0 Å². The van der Waals surface area contributed by atoms with Gasteiger partial charge in [0.25, 0.3) is 0 Å². The molecule has 1 saturated heterocycles. The number of anilines is 1. The quantitative estimate of drug-likeness (QED) is 0.249. The standard InChI is InChI=1S/C28H32N6S/c29-27-26-25(23-9-4-8-21(12-23)15-32-35-18-20-6-2-1-3-7-20)17-34(28(26)31-19-30-27)24-13-22(14-24)16-33-10-5-11-33/h1-4,6-9,12,17,19,22,24,32H,5,10-11,13-16,18H2,(H2,29,30,31). The van der Waals surface area contributed by atoms with Crippen LogP contribution in [0.5, 0.6) is 0 Å². The van der Waals surface area contributed by atoms with Crippen molar-refractivity contribution in [3.8, 4) is 11.1 Å². The lowest BCUT2D eigenvalue weighted by Gasteiger charge is -2.42. The van der Waals surface area contributed by atoms with Crippen LogP contribution < -0.4 is 10.5 Å². The van der Waals surface area contributed by atoms with Gasteiger partial charge < -0.3 is 15.2 Å². The first-order valence-electron chi connectivity index (χ1n) is 12.6. The third-order valence-corrected chi connectivity index (χ3v) is 8.23. The van der Waals surface area contributed by atoms with Crippen LogP contribution >= 0.6 is 11.9 Å². The molecule has 6 rings (SSSR count). The maximum Gasteiger partial charge on any atom is 0.146 e. The molecule has 4 aromatic rings. The number of nitrogen functional groups attached to an aromatic ring is 1. The molecule has 1 saturated carbocycles. The van der Waals surface area contributed by atoms with Crippen LogP contribution in [-0.4, -0.2) is 39.1 Å². The molecule has 7 heteroatoms. The minimum atomic E-state index is 0.492. The molecule has 0 bridgehead atoms. The molecule has 0 unspecified atom stereocenters. The Hall–Kier alpha value is -2.87. The van der Waals surface area contributed by atoms with Gasteiger partial charge in [0.15, 0.2) is 0 Å². The number of hydrogen-bond acceptors (Lipinski definition) is 6. The molecule has 180 valence electrons. The van der Waals surface area contributed by atoms with Crippen LogP contribution in [0.3, 0.4) is 0 Å². The summed E-state index contributed by atoms with van der Waals surface area (Å²) in [7, 11) is 0. The van der Waals surface area contributed by atoms with Gasteiger partial charge in [-0.15, -0.1) is 0 Å². The summed E-state index contributed by atoms with van der Waals surface area (Å²) in [6, 6.07) is 19.8. The molecule has 1 aliphatic heterocycles. The predicted molar refractivity (Wildman–Crippen MR) is 145 cm³/mol. The van der Waals surface area contributed by atoms with Crippen molar-refractivity contribution in [1.82, 2.24) is 24.2 Å². The van der Waals surface area contributed by atoms with Gasteiger partial charge in [-0.1, -0.05) is 60.5 Å². The number of nitrogens with one attached hydrogen (secondary N) is 1. The van der Waals surface area contributed by atoms with E-state index in [1.807, 2.05) is 0 Å². The zero-order chi connectivity index (χ0) is 23.6. The van der Waals surface area contributed by atoms with Crippen molar-refractivity contribution >= 4 is 28.8 Å². The molecular weight excluding hydrogens is 452 g/mol. The third kappa shape index (κ3) is 4.81. The first-order valence-corrected chi connectivity index (χ1v) is 13.5. The zero-order valence-corrected chi connectivity index (χ0v) is 20.8. The van der Waals surface area contributed by atoms with E-state index in [2.05, 4.69) is 85.0 Å². The molecule has 3 N–H and O–H groups in total. The van der Waals surface area contributed by atoms with Gasteiger partial charge in [-0.25, -0.2) is 9.97 Å². The molecule has 1 aliphatic carbocycles. The fourth-order valence-electron chi connectivity index (χ4n) is 5.30. The SMILES string of the molecule is Nc1ncnc2c1c(-c1cccc(CNSCc3ccccc3)c1)cn2C1CC(CN2CCC2)C1. The summed E-state index contributed by atoms with van der Waals surface area (Å²) in [5.74, 6) is 2.30. The number of fused-ring (bicyclic) bond motifs is 1. The molecule has 0 amide bonds. The van der Waals surface area contributed by atoms with Crippen molar-refractivity contribution in [3.63, 3.8) is 0 Å². The van der Waals surface area contributed by atoms with Gasteiger partial charge in [0, 0.05) is 36.6 Å². The third-order valence-electron chi connectivity index (χ3n) is 7.41. The van der Waals surface area contributed by atoms with Gasteiger partial charge in [0.05, 0.1) is 5.39 Å². The van der Waals surface area contributed by atoms with E-state index in [1.165, 1.54) is 55.6 Å². The van der Waals surface area contributed by atoms with Crippen molar-refractivity contribution in [2.75, 3.05) is 25.4 Å². The Bertz CT molecular complexity index is 1290. The monoisotopic (exact) mass is 484 g/mol. The van der Waals surface area contributed by atoms with E-state index < -0.39 is 0 Å². The fourth-order valence-corrected chi connectivity index (χ4v) is 6.03. The Labute approximate surface area is 211 Å². The van der Waals surface area contributed by atoms with Crippen LogP contribution in [0.2, 0.25) is 0 Å². The highest BCUT2D eigenvalue weighted by atomic mass is 32.2. The first kappa shape index (κ1) is 22.6. The highest BCUT2D eigenvalue weighted by molar-refractivity contribution is 7.96. The fraction of sp³-hybridized carbons (Fsp3) is 0.357. The Morgan fingerprint density at radius 3 is 2.63 bits per heavy atom. The van der Waals surface area contributed by atoms with Crippen LogP contribution in [-0.2, 0) is 12.3 Å². The van der Waals surface area contributed by atoms with Crippen LogP contribution in [0.15, 0.2) is 67.1 Å². The predicted octanol–water partition coefficient (Wildman–Crippen LogP) is 5.28. The number of benzene rings is 2. The number of likely N-dealkylation sites (tertiary alicyclic amines) is 1. The molecular formula is C28H32N6S. The highest BCUT2D eigenvalue weighted by Gasteiger charge is 2.34. The maximum atomic E-state index is 6.39. The van der Waals surface area contributed by atoms with Gasteiger partial charge in [-0.05, 0) is 61.0 Å². The topological polar surface area (TPSA) is 72.0 Å². The largest absolute Gasteiger partial charge is 0.383 e. The van der Waals surface area contributed by atoms with E-state index >= 15 is 0 Å². The average Bonchev–Trinajstić information content (AvgIpc) is 3.21. The van der Waals surface area contributed by atoms with E-state index in [0.29, 0.717) is 11.9 Å². The molecule has 6 nitrogen and oxygen atoms in total. The van der Waals surface area contributed by atoms with E-state index in [4.69, 9.17) is 5.73 Å².